The lowest BCUT2D eigenvalue weighted by molar-refractivity contribution is 1.16. The van der Waals surface area contributed by atoms with Crippen molar-refractivity contribution >= 4 is 103 Å². The second-order valence-corrected chi connectivity index (χ2v) is 30.0. The van der Waals surface area contributed by atoms with Gasteiger partial charge in [0.25, 0.3) is 0 Å². The third-order valence-corrected chi connectivity index (χ3v) is 23.8. The summed E-state index contributed by atoms with van der Waals surface area (Å²) < 4.78 is 15.3. The Labute approximate surface area is 408 Å². The lowest BCUT2D eigenvalue weighted by atomic mass is 9.89. The predicted octanol–water partition coefficient (Wildman–Crippen LogP) is 14.1. The number of benzene rings is 9. The summed E-state index contributed by atoms with van der Waals surface area (Å²) in [6, 6.07) is 59.9. The van der Waals surface area contributed by atoms with E-state index in [0.717, 1.165) is 22.2 Å². The Balaban J connectivity index is 0.907. The van der Waals surface area contributed by atoms with Crippen LogP contribution in [0.25, 0.3) is 111 Å². The molecule has 2 aliphatic heterocycles. The van der Waals surface area contributed by atoms with Crippen LogP contribution < -0.4 is 20.7 Å². The predicted molar refractivity (Wildman–Crippen MR) is 300 cm³/mol. The summed E-state index contributed by atoms with van der Waals surface area (Å²) in [5.74, 6) is 0. The molecule has 0 amide bonds. The van der Waals surface area contributed by atoms with Crippen molar-refractivity contribution in [2.45, 2.75) is 53.9 Å². The number of hydrogen-bond acceptors (Lipinski definition) is 3. The standard InChI is InChI=1S/C62H50N4SSi2/c1-35-31-39(65-51-21-13-9-17-41(51)45-25-27-47-43-19-11-15-23-53(43)68(5,6)61(47)59(45)65)32-36(2)55(35)49-29-30-50(58-57(49)63-67-64-58)56-37(3)33-40(34-38(56)4)66-52-22-14-10-18-42(52)46-26-28-48-44-20-12-16-24-54(44)69(7,8)62(48)60(46)66/h9-34H,1-8H3. The van der Waals surface area contributed by atoms with E-state index in [0.29, 0.717) is 0 Å². The van der Waals surface area contributed by atoms with Gasteiger partial charge in [-0.3, -0.25) is 0 Å². The number of fused-ring (bicyclic) bond motifs is 15. The first-order chi connectivity index (χ1) is 33.4. The Hall–Kier alpha value is -7.17. The molecular weight excluding hydrogens is 889 g/mol. The monoisotopic (exact) mass is 938 g/mol. The maximum atomic E-state index is 5.07. The van der Waals surface area contributed by atoms with Gasteiger partial charge < -0.3 is 9.13 Å². The minimum atomic E-state index is -2.02. The number of aryl methyl sites for hydroxylation is 4. The molecule has 7 heteroatoms. The highest BCUT2D eigenvalue weighted by Crippen LogP contribution is 2.44. The lowest BCUT2D eigenvalue weighted by Gasteiger charge is -2.22. The molecule has 5 heterocycles. The Morgan fingerprint density at radius 2 is 0.739 bits per heavy atom. The van der Waals surface area contributed by atoms with Crippen LogP contribution in [0.3, 0.4) is 0 Å². The zero-order valence-electron chi connectivity index (χ0n) is 40.2. The molecule has 14 rings (SSSR count). The first-order valence-electron chi connectivity index (χ1n) is 24.3. The quantitative estimate of drug-likeness (QED) is 0.165. The zero-order valence-corrected chi connectivity index (χ0v) is 43.0. The summed E-state index contributed by atoms with van der Waals surface area (Å²) >= 11 is 1.31. The molecular formula is C62H50N4SSi2. The minimum absolute atomic E-state index is 0.962. The minimum Gasteiger partial charge on any atom is -0.309 e. The van der Waals surface area contributed by atoms with Gasteiger partial charge in [0.2, 0.25) is 0 Å². The zero-order chi connectivity index (χ0) is 46.8. The second kappa shape index (κ2) is 14.2. The summed E-state index contributed by atoms with van der Waals surface area (Å²) in [4.78, 5) is 0. The van der Waals surface area contributed by atoms with E-state index in [9.17, 15) is 0 Å². The molecule has 332 valence electrons. The van der Waals surface area contributed by atoms with Crippen LogP contribution in [-0.4, -0.2) is 34.0 Å². The normalized spacial score (nSPS) is 14.3. The van der Waals surface area contributed by atoms with Gasteiger partial charge in [-0.25, -0.2) is 0 Å². The Kier molecular flexibility index (Phi) is 8.41. The van der Waals surface area contributed by atoms with Crippen molar-refractivity contribution in [2.24, 2.45) is 0 Å². The van der Waals surface area contributed by atoms with Crippen LogP contribution in [0.4, 0.5) is 0 Å². The average molecular weight is 939 g/mol. The van der Waals surface area contributed by atoms with Crippen molar-refractivity contribution in [3.05, 3.63) is 180 Å². The molecule has 3 aromatic heterocycles. The Morgan fingerprint density at radius 3 is 1.16 bits per heavy atom. The molecule has 0 radical (unpaired) electrons. The van der Waals surface area contributed by atoms with Crippen LogP contribution in [0.2, 0.25) is 26.2 Å². The lowest BCUT2D eigenvalue weighted by Crippen LogP contribution is -2.49. The van der Waals surface area contributed by atoms with Crippen molar-refractivity contribution in [2.75, 3.05) is 0 Å². The molecule has 4 nitrogen and oxygen atoms in total. The number of para-hydroxylation sites is 2. The fourth-order valence-corrected chi connectivity index (χ4v) is 20.8. The van der Waals surface area contributed by atoms with Crippen molar-refractivity contribution in [3.63, 3.8) is 0 Å². The number of nitrogens with zero attached hydrogens (tertiary/aromatic N) is 4. The first kappa shape index (κ1) is 40.9. The molecule has 0 saturated carbocycles. The molecule has 0 atom stereocenters. The summed E-state index contributed by atoms with van der Waals surface area (Å²) in [6.07, 6.45) is 0. The smallest absolute Gasteiger partial charge is 0.116 e. The largest absolute Gasteiger partial charge is 0.309 e. The topological polar surface area (TPSA) is 35.6 Å². The molecule has 0 aliphatic carbocycles. The van der Waals surface area contributed by atoms with Crippen LogP contribution >= 0.6 is 11.7 Å². The molecule has 0 fully saturated rings. The second-order valence-electron chi connectivity index (χ2n) is 20.8. The highest BCUT2D eigenvalue weighted by molar-refractivity contribution is 7.05. The maximum Gasteiger partial charge on any atom is 0.116 e. The van der Waals surface area contributed by atoms with Gasteiger partial charge in [0.1, 0.15) is 27.2 Å². The third-order valence-electron chi connectivity index (χ3n) is 16.2. The highest BCUT2D eigenvalue weighted by Gasteiger charge is 2.42. The molecule has 0 N–H and O–H groups in total. The summed E-state index contributed by atoms with van der Waals surface area (Å²) in [7, 11) is -4.05. The van der Waals surface area contributed by atoms with Gasteiger partial charge in [0, 0.05) is 44.0 Å². The molecule has 69 heavy (non-hydrogen) atoms. The van der Waals surface area contributed by atoms with Crippen molar-refractivity contribution < 1.29 is 0 Å². The van der Waals surface area contributed by atoms with Gasteiger partial charge in [0.15, 0.2) is 0 Å². The van der Waals surface area contributed by atoms with E-state index in [-0.39, 0.29) is 0 Å². The third kappa shape index (κ3) is 5.38. The fraction of sp³-hybridized carbons (Fsp3) is 0.129. The molecule has 0 spiro atoms. The number of rotatable bonds is 4. The number of hydrogen-bond donors (Lipinski definition) is 0. The Morgan fingerprint density at radius 1 is 0.377 bits per heavy atom. The number of aromatic nitrogens is 4. The van der Waals surface area contributed by atoms with Crippen LogP contribution in [0.15, 0.2) is 158 Å². The van der Waals surface area contributed by atoms with E-state index < -0.39 is 16.1 Å². The van der Waals surface area contributed by atoms with Crippen molar-refractivity contribution in [1.29, 1.82) is 0 Å². The van der Waals surface area contributed by atoms with E-state index in [4.69, 9.17) is 8.75 Å². The molecule has 0 bridgehead atoms. The first-order valence-corrected chi connectivity index (χ1v) is 31.0. The van der Waals surface area contributed by atoms with Gasteiger partial charge >= 0.3 is 0 Å². The van der Waals surface area contributed by atoms with Gasteiger partial charge in [0.05, 0.1) is 33.8 Å². The van der Waals surface area contributed by atoms with E-state index >= 15 is 0 Å². The highest BCUT2D eigenvalue weighted by atomic mass is 32.1. The van der Waals surface area contributed by atoms with Crippen LogP contribution in [0.5, 0.6) is 0 Å². The average Bonchev–Trinajstić information content (AvgIpc) is 4.14. The van der Waals surface area contributed by atoms with E-state index in [1.807, 2.05) is 0 Å². The SMILES string of the molecule is Cc1cc(-n2c3ccccc3c3ccc4c(c32)[Si](C)(C)c2ccccc2-4)cc(C)c1-c1ccc(-c2c(C)cc(-n3c4ccccc4c4ccc5c(c43)[Si](C)(C)c3ccccc3-5)cc2C)c2nsnc12. The van der Waals surface area contributed by atoms with Gasteiger partial charge in [-0.15, -0.1) is 0 Å². The van der Waals surface area contributed by atoms with Crippen LogP contribution in [0.1, 0.15) is 22.3 Å². The van der Waals surface area contributed by atoms with Crippen molar-refractivity contribution in [1.82, 2.24) is 17.9 Å². The summed E-state index contributed by atoms with van der Waals surface area (Å²) in [6.45, 7) is 19.2. The van der Waals surface area contributed by atoms with Gasteiger partial charge in [-0.2, -0.15) is 8.75 Å². The molecule has 0 saturated heterocycles. The molecule has 9 aromatic carbocycles. The van der Waals surface area contributed by atoms with Crippen LogP contribution in [-0.2, 0) is 0 Å². The van der Waals surface area contributed by atoms with Crippen molar-refractivity contribution in [3.8, 4) is 55.9 Å². The summed E-state index contributed by atoms with van der Waals surface area (Å²) in [5, 5.41) is 11.4. The van der Waals surface area contributed by atoms with E-state index in [2.05, 4.69) is 221 Å². The molecule has 0 unspecified atom stereocenters. The molecule has 12 aromatic rings. The van der Waals surface area contributed by atoms with E-state index in [1.54, 1.807) is 0 Å². The maximum absolute atomic E-state index is 5.07. The summed E-state index contributed by atoms with van der Waals surface area (Å²) in [5.41, 5.74) is 24.8. The fourth-order valence-electron chi connectivity index (χ4n) is 13.4. The Bertz CT molecular complexity index is 3940. The van der Waals surface area contributed by atoms with Gasteiger partial charge in [-0.1, -0.05) is 148 Å². The van der Waals surface area contributed by atoms with Crippen LogP contribution in [0, 0.1) is 27.7 Å². The van der Waals surface area contributed by atoms with Gasteiger partial charge in [-0.05, 0) is 140 Å². The van der Waals surface area contributed by atoms with E-state index in [1.165, 1.54) is 143 Å². The molecule has 2 aliphatic rings.